The van der Waals surface area contributed by atoms with E-state index in [1.807, 2.05) is 18.2 Å². The Labute approximate surface area is 263 Å². The molecule has 0 aromatic heterocycles. The van der Waals surface area contributed by atoms with Gasteiger partial charge >= 0.3 is 0 Å². The molecule has 240 valence electrons. The van der Waals surface area contributed by atoms with Gasteiger partial charge in [0.05, 0.1) is 25.7 Å². The Morgan fingerprint density at radius 3 is 2.30 bits per heavy atom. The van der Waals surface area contributed by atoms with E-state index in [0.717, 1.165) is 30.9 Å². The summed E-state index contributed by atoms with van der Waals surface area (Å²) in [5.74, 6) is 1.33. The standard InChI is InChI=1S/C31H45N3O6S2.ClH/c1-39-28-14-15-31(30(22-28)40-2)42(37,38)34-27(13-12-25-10-6-7-11-29(25)34)18-21-41(35,36)33-19-16-26(17-20-33)32-23-24-8-4-3-5-9-24;/h6-7,10-11,14-15,22,24,26-27,32H,3-5,8-9,12-13,16-21,23H2,1-2H3;1H. The van der Waals surface area contributed by atoms with Crippen LogP contribution >= 0.6 is 12.4 Å². The first-order valence-electron chi connectivity index (χ1n) is 15.3. The van der Waals surface area contributed by atoms with Gasteiger partial charge in [-0.25, -0.2) is 21.1 Å². The fourth-order valence-electron chi connectivity index (χ4n) is 6.73. The predicted molar refractivity (Wildman–Crippen MR) is 173 cm³/mol. The third-order valence-corrected chi connectivity index (χ3v) is 13.0. The highest BCUT2D eigenvalue weighted by Gasteiger charge is 2.39. The Kier molecular flexibility index (Phi) is 11.7. The fraction of sp³-hybridized carbons (Fsp3) is 0.613. The molecule has 9 nitrogen and oxygen atoms in total. The van der Waals surface area contributed by atoms with Gasteiger partial charge in [0, 0.05) is 31.2 Å². The quantitative estimate of drug-likeness (QED) is 0.364. The molecule has 0 bridgehead atoms. The summed E-state index contributed by atoms with van der Waals surface area (Å²) in [4.78, 5) is 0.0261. The van der Waals surface area contributed by atoms with Gasteiger partial charge in [0.1, 0.15) is 16.4 Å². The number of fused-ring (bicyclic) bond motifs is 1. The molecule has 3 aliphatic rings. The molecule has 2 heterocycles. The number of benzene rings is 2. The maximum atomic E-state index is 14.2. The Balaban J connectivity index is 0.00000423. The lowest BCUT2D eigenvalue weighted by atomic mass is 9.89. The van der Waals surface area contributed by atoms with Crippen molar-refractivity contribution < 1.29 is 26.3 Å². The maximum absolute atomic E-state index is 14.2. The molecular formula is C31H46ClN3O6S2. The minimum atomic E-state index is -4.07. The van der Waals surface area contributed by atoms with Crippen molar-refractivity contribution in [3.05, 3.63) is 48.0 Å². The highest BCUT2D eigenvalue weighted by Crippen LogP contribution is 2.40. The molecule has 2 aromatic rings. The summed E-state index contributed by atoms with van der Waals surface area (Å²) in [7, 11) is -4.67. The van der Waals surface area contributed by atoms with E-state index < -0.39 is 26.1 Å². The summed E-state index contributed by atoms with van der Waals surface area (Å²) in [6.45, 7) is 2.04. The lowest BCUT2D eigenvalue weighted by Crippen LogP contribution is -2.48. The van der Waals surface area contributed by atoms with E-state index in [0.29, 0.717) is 43.4 Å². The van der Waals surface area contributed by atoms with E-state index in [1.54, 1.807) is 22.5 Å². The number of piperidine rings is 1. The van der Waals surface area contributed by atoms with Crippen molar-refractivity contribution in [2.24, 2.45) is 5.92 Å². The van der Waals surface area contributed by atoms with E-state index in [4.69, 9.17) is 9.47 Å². The Hall–Kier alpha value is -2.05. The first-order valence-corrected chi connectivity index (χ1v) is 18.3. The Morgan fingerprint density at radius 1 is 0.884 bits per heavy atom. The van der Waals surface area contributed by atoms with E-state index in [9.17, 15) is 16.8 Å². The predicted octanol–water partition coefficient (Wildman–Crippen LogP) is 4.99. The number of para-hydroxylation sites is 1. The van der Waals surface area contributed by atoms with Crippen LogP contribution < -0.4 is 19.1 Å². The van der Waals surface area contributed by atoms with Crippen LogP contribution in [0.2, 0.25) is 0 Å². The Bertz CT molecular complexity index is 1420. The maximum Gasteiger partial charge on any atom is 0.268 e. The van der Waals surface area contributed by atoms with Crippen molar-refractivity contribution in [3.8, 4) is 11.5 Å². The molecule has 1 unspecified atom stereocenters. The lowest BCUT2D eigenvalue weighted by molar-refractivity contribution is 0.264. The molecule has 12 heteroatoms. The molecule has 1 saturated carbocycles. The summed E-state index contributed by atoms with van der Waals surface area (Å²) in [5.41, 5.74) is 1.52. The molecule has 5 rings (SSSR count). The third-order valence-electron chi connectivity index (χ3n) is 9.19. The molecule has 1 aliphatic carbocycles. The van der Waals surface area contributed by atoms with Gasteiger partial charge in [-0.3, -0.25) is 4.31 Å². The molecule has 2 aromatic carbocycles. The minimum absolute atomic E-state index is 0. The molecule has 0 spiro atoms. The van der Waals surface area contributed by atoms with Crippen LogP contribution in [-0.2, 0) is 26.5 Å². The van der Waals surface area contributed by atoms with Gasteiger partial charge in [-0.05, 0) is 81.2 Å². The van der Waals surface area contributed by atoms with Gasteiger partial charge < -0.3 is 14.8 Å². The number of nitrogens with zero attached hydrogens (tertiary/aromatic N) is 2. The highest BCUT2D eigenvalue weighted by atomic mass is 35.5. The molecular weight excluding hydrogens is 610 g/mol. The Morgan fingerprint density at radius 2 is 1.60 bits per heavy atom. The van der Waals surface area contributed by atoms with Crippen molar-refractivity contribution in [1.82, 2.24) is 9.62 Å². The zero-order valence-corrected chi connectivity index (χ0v) is 27.7. The van der Waals surface area contributed by atoms with Gasteiger partial charge in [0.25, 0.3) is 10.0 Å². The number of rotatable bonds is 11. The summed E-state index contributed by atoms with van der Waals surface area (Å²) >= 11 is 0. The zero-order valence-electron chi connectivity index (χ0n) is 25.2. The molecule has 1 atom stereocenters. The van der Waals surface area contributed by atoms with Crippen LogP contribution in [-0.4, -0.2) is 72.8 Å². The summed E-state index contributed by atoms with van der Waals surface area (Å²) in [6, 6.07) is 11.9. The van der Waals surface area contributed by atoms with Gasteiger partial charge in [-0.15, -0.1) is 12.4 Å². The van der Waals surface area contributed by atoms with Crippen molar-refractivity contribution in [3.63, 3.8) is 0 Å². The van der Waals surface area contributed by atoms with Gasteiger partial charge in [0.2, 0.25) is 10.0 Å². The first-order chi connectivity index (χ1) is 20.2. The monoisotopic (exact) mass is 655 g/mol. The molecule has 43 heavy (non-hydrogen) atoms. The fourth-order valence-corrected chi connectivity index (χ4v) is 10.2. The number of sulfonamides is 2. The topological polar surface area (TPSA) is 105 Å². The highest BCUT2D eigenvalue weighted by molar-refractivity contribution is 7.93. The van der Waals surface area contributed by atoms with Crippen LogP contribution in [0.1, 0.15) is 63.4 Å². The summed E-state index contributed by atoms with van der Waals surface area (Å²) in [6.07, 6.45) is 9.63. The number of hydrogen-bond donors (Lipinski definition) is 1. The van der Waals surface area contributed by atoms with Crippen LogP contribution in [0.5, 0.6) is 11.5 Å². The largest absolute Gasteiger partial charge is 0.497 e. The molecule has 0 amide bonds. The smallest absolute Gasteiger partial charge is 0.268 e. The molecule has 1 N–H and O–H groups in total. The van der Waals surface area contributed by atoms with Gasteiger partial charge in [-0.1, -0.05) is 37.5 Å². The van der Waals surface area contributed by atoms with Gasteiger partial charge in [0.15, 0.2) is 0 Å². The van der Waals surface area contributed by atoms with E-state index in [1.165, 1.54) is 56.7 Å². The second-order valence-corrected chi connectivity index (χ2v) is 15.7. The molecule has 2 aliphatic heterocycles. The number of ether oxygens (including phenoxy) is 2. The van der Waals surface area contributed by atoms with E-state index in [-0.39, 0.29) is 35.2 Å². The third kappa shape index (κ3) is 7.79. The second-order valence-electron chi connectivity index (χ2n) is 11.8. The van der Waals surface area contributed by atoms with Crippen molar-refractivity contribution in [2.45, 2.75) is 81.2 Å². The first kappa shape index (κ1) is 33.8. The number of nitrogens with one attached hydrogen (secondary N) is 1. The number of anilines is 1. The van der Waals surface area contributed by atoms with Crippen LogP contribution in [0.3, 0.4) is 0 Å². The number of halogens is 1. The van der Waals surface area contributed by atoms with Gasteiger partial charge in [-0.2, -0.15) is 0 Å². The zero-order chi connectivity index (χ0) is 29.7. The average Bonchev–Trinajstić information content (AvgIpc) is 3.02. The average molecular weight is 656 g/mol. The molecule has 2 fully saturated rings. The summed E-state index contributed by atoms with van der Waals surface area (Å²) < 4.78 is 69.1. The second kappa shape index (κ2) is 14.8. The van der Waals surface area contributed by atoms with Crippen molar-refractivity contribution in [1.29, 1.82) is 0 Å². The number of methoxy groups -OCH3 is 2. The van der Waals surface area contributed by atoms with Crippen LogP contribution in [0.4, 0.5) is 5.69 Å². The van der Waals surface area contributed by atoms with Crippen LogP contribution in [0.25, 0.3) is 0 Å². The lowest BCUT2D eigenvalue weighted by Gasteiger charge is -2.38. The van der Waals surface area contributed by atoms with Crippen molar-refractivity contribution >= 4 is 38.1 Å². The number of hydrogen-bond acceptors (Lipinski definition) is 7. The summed E-state index contributed by atoms with van der Waals surface area (Å²) in [5, 5.41) is 3.70. The minimum Gasteiger partial charge on any atom is -0.497 e. The van der Waals surface area contributed by atoms with Crippen molar-refractivity contribution in [2.75, 3.05) is 43.9 Å². The normalized spacial score (nSPS) is 20.7. The molecule has 1 saturated heterocycles. The molecule has 0 radical (unpaired) electrons. The van der Waals surface area contributed by atoms with E-state index >= 15 is 0 Å². The van der Waals surface area contributed by atoms with E-state index in [2.05, 4.69) is 5.32 Å². The van der Waals surface area contributed by atoms with Crippen LogP contribution in [0.15, 0.2) is 47.4 Å². The van der Waals surface area contributed by atoms with Crippen LogP contribution in [0, 0.1) is 5.92 Å². The number of aryl methyl sites for hydroxylation is 1. The SMILES string of the molecule is COc1ccc(S(=O)(=O)N2c3ccccc3CCC2CCS(=O)(=O)N2CCC(NCC3CCCCC3)CC2)c(OC)c1.Cl.